The van der Waals surface area contributed by atoms with Gasteiger partial charge in [-0.2, -0.15) is 5.26 Å². The molecule has 0 atom stereocenters. The second kappa shape index (κ2) is 14.3. The third-order valence-corrected chi connectivity index (χ3v) is 7.77. The van der Waals surface area contributed by atoms with Gasteiger partial charge in [-0.3, -0.25) is 14.7 Å². The molecule has 3 aromatic rings. The summed E-state index contributed by atoms with van der Waals surface area (Å²) in [7, 11) is 0. The van der Waals surface area contributed by atoms with Crippen LogP contribution in [0.3, 0.4) is 0 Å². The number of nitriles is 1. The molecular formula is C33H39N5O4. The van der Waals surface area contributed by atoms with Crippen LogP contribution in [0.25, 0.3) is 10.9 Å². The van der Waals surface area contributed by atoms with E-state index >= 15 is 0 Å². The molecule has 2 saturated heterocycles. The van der Waals surface area contributed by atoms with Gasteiger partial charge in [0.05, 0.1) is 48.0 Å². The highest BCUT2D eigenvalue weighted by Crippen LogP contribution is 2.38. The monoisotopic (exact) mass is 569 g/mol. The largest absolute Gasteiger partial charge is 0.492 e. The smallest absolute Gasteiger partial charge is 0.248 e. The van der Waals surface area contributed by atoms with Crippen LogP contribution >= 0.6 is 0 Å². The molecule has 0 radical (unpaired) electrons. The van der Waals surface area contributed by atoms with Crippen molar-refractivity contribution in [1.29, 1.82) is 5.26 Å². The first-order valence-corrected chi connectivity index (χ1v) is 14.9. The van der Waals surface area contributed by atoms with Crippen LogP contribution in [0.5, 0.6) is 5.75 Å². The summed E-state index contributed by atoms with van der Waals surface area (Å²) in [5, 5.41) is 17.4. The maximum Gasteiger partial charge on any atom is 0.248 e. The summed E-state index contributed by atoms with van der Waals surface area (Å²) in [6.07, 6.45) is 6.07. The Kier molecular flexibility index (Phi) is 10.0. The Morgan fingerprint density at radius 1 is 1.12 bits per heavy atom. The molecule has 1 aromatic heterocycles. The van der Waals surface area contributed by atoms with Gasteiger partial charge >= 0.3 is 0 Å². The van der Waals surface area contributed by atoms with Gasteiger partial charge in [0, 0.05) is 56.1 Å². The number of rotatable bonds is 10. The van der Waals surface area contributed by atoms with Crippen molar-refractivity contribution >= 4 is 33.9 Å². The quantitative estimate of drug-likeness (QED) is 0.307. The number of hydrogen-bond donors (Lipinski definition) is 2. The van der Waals surface area contributed by atoms with Crippen molar-refractivity contribution in [2.45, 2.75) is 39.0 Å². The number of nitrogens with zero attached hydrogens (tertiary/aromatic N) is 3. The molecule has 0 spiro atoms. The highest BCUT2D eigenvalue weighted by Gasteiger charge is 2.19. The number of amides is 1. The molecule has 2 N–H and O–H groups in total. The van der Waals surface area contributed by atoms with E-state index in [9.17, 15) is 10.1 Å². The molecule has 42 heavy (non-hydrogen) atoms. The Hall–Kier alpha value is -3.97. The second-order valence-electron chi connectivity index (χ2n) is 10.5. The Balaban J connectivity index is 1.45. The van der Waals surface area contributed by atoms with Gasteiger partial charge in [0.15, 0.2) is 0 Å². The molecule has 2 aliphatic rings. The van der Waals surface area contributed by atoms with E-state index in [1.807, 2.05) is 32.1 Å². The Bertz CT molecular complexity index is 1450. The lowest BCUT2D eigenvalue weighted by atomic mass is 9.92. The number of carbonyl (C=O) groups excluding carboxylic acids is 1. The van der Waals surface area contributed by atoms with E-state index in [1.54, 1.807) is 6.08 Å². The van der Waals surface area contributed by atoms with Gasteiger partial charge in [0.1, 0.15) is 11.8 Å². The Morgan fingerprint density at radius 2 is 1.86 bits per heavy atom. The number of ether oxygens (including phenoxy) is 3. The molecule has 0 unspecified atom stereocenters. The van der Waals surface area contributed by atoms with Crippen LogP contribution in [0, 0.1) is 11.3 Å². The molecule has 2 aliphatic heterocycles. The first kappa shape index (κ1) is 29.5. The number of fused-ring (bicyclic) bond motifs is 1. The first-order chi connectivity index (χ1) is 20.6. The molecule has 9 nitrogen and oxygen atoms in total. The predicted octanol–water partition coefficient (Wildman–Crippen LogP) is 5.53. The fraction of sp³-hybridized carbons (Fsp3) is 0.424. The molecule has 0 saturated carbocycles. The molecule has 220 valence electrons. The van der Waals surface area contributed by atoms with Crippen molar-refractivity contribution in [3.05, 3.63) is 65.4 Å². The van der Waals surface area contributed by atoms with Crippen LogP contribution in [0.1, 0.15) is 49.4 Å². The van der Waals surface area contributed by atoms with E-state index in [0.717, 1.165) is 50.2 Å². The fourth-order valence-electron chi connectivity index (χ4n) is 5.50. The minimum Gasteiger partial charge on any atom is -0.492 e. The minimum absolute atomic E-state index is 0.250. The van der Waals surface area contributed by atoms with E-state index in [4.69, 9.17) is 19.2 Å². The minimum atomic E-state index is -0.250. The van der Waals surface area contributed by atoms with Gasteiger partial charge < -0.3 is 24.8 Å². The number of anilines is 3. The van der Waals surface area contributed by atoms with Crippen molar-refractivity contribution in [2.75, 3.05) is 63.3 Å². The topological polar surface area (TPSA) is 109 Å². The van der Waals surface area contributed by atoms with Crippen molar-refractivity contribution in [3.8, 4) is 11.8 Å². The SMILES string of the molecule is CCOc1cc2nc(CC)c(C#N)c(Nc3ccc(C4CCOCC4)cc3)c2cc1NC(=O)/C=C/CN1CCOCC1. The number of pyridine rings is 1. The van der Waals surface area contributed by atoms with Gasteiger partial charge in [0.25, 0.3) is 0 Å². The van der Waals surface area contributed by atoms with Crippen LogP contribution in [0.15, 0.2) is 48.6 Å². The molecule has 3 heterocycles. The Morgan fingerprint density at radius 3 is 2.55 bits per heavy atom. The number of hydrogen-bond acceptors (Lipinski definition) is 8. The molecular weight excluding hydrogens is 530 g/mol. The summed E-state index contributed by atoms with van der Waals surface area (Å²) in [6, 6.07) is 14.5. The molecule has 0 bridgehead atoms. The van der Waals surface area contributed by atoms with E-state index in [-0.39, 0.29) is 5.91 Å². The summed E-state index contributed by atoms with van der Waals surface area (Å²) in [5.74, 6) is 0.786. The summed E-state index contributed by atoms with van der Waals surface area (Å²) in [4.78, 5) is 20.0. The van der Waals surface area contributed by atoms with Gasteiger partial charge in [-0.25, -0.2) is 0 Å². The lowest BCUT2D eigenvalue weighted by Gasteiger charge is -2.25. The fourth-order valence-corrected chi connectivity index (χ4v) is 5.50. The summed E-state index contributed by atoms with van der Waals surface area (Å²) < 4.78 is 16.8. The molecule has 2 aromatic carbocycles. The number of nitrogens with one attached hydrogen (secondary N) is 2. The van der Waals surface area contributed by atoms with Crippen LogP contribution in [0.2, 0.25) is 0 Å². The normalized spacial score (nSPS) is 16.4. The average Bonchev–Trinajstić information content (AvgIpc) is 3.02. The van der Waals surface area contributed by atoms with Crippen LogP contribution in [-0.4, -0.2) is 68.5 Å². The zero-order valence-corrected chi connectivity index (χ0v) is 24.4. The van der Waals surface area contributed by atoms with Crippen LogP contribution in [0.4, 0.5) is 17.1 Å². The Labute approximate surface area is 247 Å². The van der Waals surface area contributed by atoms with Crippen molar-refractivity contribution in [3.63, 3.8) is 0 Å². The van der Waals surface area contributed by atoms with Gasteiger partial charge in [-0.15, -0.1) is 0 Å². The van der Waals surface area contributed by atoms with Gasteiger partial charge in [-0.1, -0.05) is 25.1 Å². The van der Waals surface area contributed by atoms with Gasteiger partial charge in [-0.05, 0) is 55.9 Å². The van der Waals surface area contributed by atoms with Crippen molar-refractivity contribution < 1.29 is 19.0 Å². The highest BCUT2D eigenvalue weighted by molar-refractivity contribution is 6.05. The number of benzene rings is 2. The molecule has 5 rings (SSSR count). The van der Waals surface area contributed by atoms with E-state index in [0.29, 0.717) is 72.6 Å². The van der Waals surface area contributed by atoms with E-state index < -0.39 is 0 Å². The van der Waals surface area contributed by atoms with Crippen molar-refractivity contribution in [2.24, 2.45) is 0 Å². The number of aryl methyl sites for hydroxylation is 1. The average molecular weight is 570 g/mol. The summed E-state index contributed by atoms with van der Waals surface area (Å²) in [5.41, 5.74) is 5.25. The van der Waals surface area contributed by atoms with Crippen LogP contribution in [-0.2, 0) is 20.7 Å². The maximum atomic E-state index is 12.9. The van der Waals surface area contributed by atoms with E-state index in [2.05, 4.69) is 45.9 Å². The third-order valence-electron chi connectivity index (χ3n) is 7.77. The standard InChI is InChI=1S/C33H39N5O4/c1-3-28-27(22-34)33(35-25-9-7-23(8-10-25)24-11-16-40-17-12-24)26-20-30(31(42-4-2)21-29(26)36-28)37-32(39)6-5-13-38-14-18-41-19-15-38/h5-10,20-21,24H,3-4,11-19H2,1-2H3,(H,35,36)(H,37,39)/b6-5+. The maximum absolute atomic E-state index is 12.9. The lowest BCUT2D eigenvalue weighted by molar-refractivity contribution is -0.111. The van der Waals surface area contributed by atoms with Gasteiger partial charge in [0.2, 0.25) is 5.91 Å². The van der Waals surface area contributed by atoms with Crippen molar-refractivity contribution in [1.82, 2.24) is 9.88 Å². The molecule has 2 fully saturated rings. The number of morpholine rings is 1. The summed E-state index contributed by atoms with van der Waals surface area (Å²) >= 11 is 0. The highest BCUT2D eigenvalue weighted by atomic mass is 16.5. The van der Waals surface area contributed by atoms with E-state index in [1.165, 1.54) is 5.56 Å². The summed E-state index contributed by atoms with van der Waals surface area (Å²) in [6.45, 7) is 9.73. The lowest BCUT2D eigenvalue weighted by Crippen LogP contribution is -2.36. The molecule has 9 heteroatoms. The van der Waals surface area contributed by atoms with Crippen LogP contribution < -0.4 is 15.4 Å². The molecule has 0 aliphatic carbocycles. The first-order valence-electron chi connectivity index (χ1n) is 14.9. The third kappa shape index (κ3) is 7.08. The molecule has 1 amide bonds. The zero-order valence-electron chi connectivity index (χ0n) is 24.4. The predicted molar refractivity (Wildman–Crippen MR) is 165 cm³/mol. The second-order valence-corrected chi connectivity index (χ2v) is 10.5. The number of carbonyl (C=O) groups is 1. The zero-order chi connectivity index (χ0) is 29.3. The number of aromatic nitrogens is 1.